The Morgan fingerprint density at radius 3 is 2.35 bits per heavy atom. The topological polar surface area (TPSA) is 29.1 Å². The fourth-order valence-corrected chi connectivity index (χ4v) is 2.30. The zero-order valence-electron chi connectivity index (χ0n) is 11.5. The molecule has 0 heterocycles. The van der Waals surface area contributed by atoms with Crippen molar-refractivity contribution in [3.05, 3.63) is 70.7 Å². The maximum Gasteiger partial charge on any atom is 0.164 e. The second kappa shape index (κ2) is 7.22. The van der Waals surface area contributed by atoms with Crippen molar-refractivity contribution in [2.45, 2.75) is 19.4 Å². The fourth-order valence-electron chi connectivity index (χ4n) is 2.18. The summed E-state index contributed by atoms with van der Waals surface area (Å²) >= 11 is 5.91. The van der Waals surface area contributed by atoms with Gasteiger partial charge < -0.3 is 5.32 Å². The lowest BCUT2D eigenvalue weighted by Crippen LogP contribution is -2.23. The molecule has 0 aliphatic carbocycles. The van der Waals surface area contributed by atoms with Gasteiger partial charge in [-0.15, -0.1) is 0 Å². The fraction of sp³-hybridized carbons (Fsp3) is 0.235. The van der Waals surface area contributed by atoms with Crippen LogP contribution < -0.4 is 5.32 Å². The molecule has 2 rings (SSSR count). The Hall–Kier alpha value is -1.64. The molecule has 104 valence electrons. The number of Topliss-reactive ketones (excluding diaryl/α,β-unsaturated/α-hetero) is 1. The van der Waals surface area contributed by atoms with E-state index in [2.05, 4.69) is 5.32 Å². The molecule has 0 aliphatic rings. The van der Waals surface area contributed by atoms with Crippen molar-refractivity contribution in [1.82, 2.24) is 5.32 Å². The largest absolute Gasteiger partial charge is 0.310 e. The molecule has 1 N–H and O–H groups in total. The standard InChI is InChI=1S/C17H18ClNO/c1-2-19-16(13-8-10-15(18)11-9-13)12-17(20)14-6-4-3-5-7-14/h3-11,16,19H,2,12H2,1H3. The summed E-state index contributed by atoms with van der Waals surface area (Å²) in [5.74, 6) is 0.145. The first-order valence-corrected chi connectivity index (χ1v) is 7.15. The molecule has 3 heteroatoms. The number of carbonyl (C=O) groups excluding carboxylic acids is 1. The molecule has 0 bridgehead atoms. The van der Waals surface area contributed by atoms with Crippen LogP contribution in [0.3, 0.4) is 0 Å². The Morgan fingerprint density at radius 2 is 1.75 bits per heavy atom. The Labute approximate surface area is 124 Å². The van der Waals surface area contributed by atoms with Crippen LogP contribution in [0, 0.1) is 0 Å². The van der Waals surface area contributed by atoms with Crippen molar-refractivity contribution in [2.75, 3.05) is 6.54 Å². The number of hydrogen-bond donors (Lipinski definition) is 1. The van der Waals surface area contributed by atoms with E-state index in [4.69, 9.17) is 11.6 Å². The lowest BCUT2D eigenvalue weighted by atomic mass is 9.98. The summed E-state index contributed by atoms with van der Waals surface area (Å²) < 4.78 is 0. The summed E-state index contributed by atoms with van der Waals surface area (Å²) in [4.78, 5) is 12.3. The SMILES string of the molecule is CCNC(CC(=O)c1ccccc1)c1ccc(Cl)cc1. The maximum absolute atomic E-state index is 12.3. The van der Waals surface area contributed by atoms with Crippen LogP contribution in [0.1, 0.15) is 35.3 Å². The number of ketones is 1. The molecule has 0 radical (unpaired) electrons. The molecular weight excluding hydrogens is 270 g/mol. The predicted molar refractivity (Wildman–Crippen MR) is 83.3 cm³/mol. The average Bonchev–Trinajstić information content (AvgIpc) is 2.48. The first-order chi connectivity index (χ1) is 9.70. The summed E-state index contributed by atoms with van der Waals surface area (Å²) in [5.41, 5.74) is 1.84. The molecule has 2 aromatic rings. The van der Waals surface area contributed by atoms with Crippen LogP contribution in [0.15, 0.2) is 54.6 Å². The Kier molecular flexibility index (Phi) is 5.33. The van der Waals surface area contributed by atoms with E-state index in [-0.39, 0.29) is 11.8 Å². The third-order valence-electron chi connectivity index (χ3n) is 3.21. The third-order valence-corrected chi connectivity index (χ3v) is 3.46. The highest BCUT2D eigenvalue weighted by atomic mass is 35.5. The normalized spacial score (nSPS) is 12.1. The number of benzene rings is 2. The van der Waals surface area contributed by atoms with E-state index in [9.17, 15) is 4.79 Å². The molecule has 0 aromatic heterocycles. The van der Waals surface area contributed by atoms with E-state index in [1.54, 1.807) is 0 Å². The van der Waals surface area contributed by atoms with E-state index in [0.717, 1.165) is 17.7 Å². The van der Waals surface area contributed by atoms with Crippen LogP contribution in [0.4, 0.5) is 0 Å². The Bertz CT molecular complexity index is 551. The zero-order valence-corrected chi connectivity index (χ0v) is 12.2. The van der Waals surface area contributed by atoms with Gasteiger partial charge in [0.05, 0.1) is 0 Å². The van der Waals surface area contributed by atoms with Crippen molar-refractivity contribution >= 4 is 17.4 Å². The highest BCUT2D eigenvalue weighted by molar-refractivity contribution is 6.30. The van der Waals surface area contributed by atoms with Crippen LogP contribution in [-0.2, 0) is 0 Å². The highest BCUT2D eigenvalue weighted by Gasteiger charge is 2.16. The molecule has 1 atom stereocenters. The van der Waals surface area contributed by atoms with Gasteiger partial charge in [0, 0.05) is 23.0 Å². The number of rotatable bonds is 6. The van der Waals surface area contributed by atoms with Crippen LogP contribution in [-0.4, -0.2) is 12.3 Å². The highest BCUT2D eigenvalue weighted by Crippen LogP contribution is 2.21. The molecule has 0 aliphatic heterocycles. The van der Waals surface area contributed by atoms with Gasteiger partial charge in [-0.3, -0.25) is 4.79 Å². The van der Waals surface area contributed by atoms with Gasteiger partial charge in [-0.2, -0.15) is 0 Å². The van der Waals surface area contributed by atoms with E-state index in [1.807, 2.05) is 61.5 Å². The molecule has 20 heavy (non-hydrogen) atoms. The molecule has 2 aromatic carbocycles. The first kappa shape index (κ1) is 14.8. The van der Waals surface area contributed by atoms with E-state index >= 15 is 0 Å². The summed E-state index contributed by atoms with van der Waals surface area (Å²) in [6.45, 7) is 2.85. The average molecular weight is 288 g/mol. The molecule has 0 saturated carbocycles. The van der Waals surface area contributed by atoms with Gasteiger partial charge in [0.1, 0.15) is 0 Å². The van der Waals surface area contributed by atoms with Crippen LogP contribution >= 0.6 is 11.6 Å². The summed E-state index contributed by atoms with van der Waals surface area (Å²) in [6, 6.07) is 17.1. The molecule has 0 saturated heterocycles. The smallest absolute Gasteiger partial charge is 0.164 e. The van der Waals surface area contributed by atoms with E-state index < -0.39 is 0 Å². The molecular formula is C17H18ClNO. The number of nitrogens with one attached hydrogen (secondary N) is 1. The van der Waals surface area contributed by atoms with Crippen molar-refractivity contribution < 1.29 is 4.79 Å². The van der Waals surface area contributed by atoms with Gasteiger partial charge in [-0.05, 0) is 24.2 Å². The Morgan fingerprint density at radius 1 is 1.10 bits per heavy atom. The second-order valence-corrected chi connectivity index (χ2v) is 5.09. The summed E-state index contributed by atoms with van der Waals surface area (Å²) in [5, 5.41) is 4.06. The number of hydrogen-bond acceptors (Lipinski definition) is 2. The molecule has 0 amide bonds. The third kappa shape index (κ3) is 3.92. The van der Waals surface area contributed by atoms with Gasteiger partial charge in [0.15, 0.2) is 5.78 Å². The van der Waals surface area contributed by atoms with Crippen molar-refractivity contribution in [2.24, 2.45) is 0 Å². The first-order valence-electron chi connectivity index (χ1n) is 6.77. The minimum Gasteiger partial charge on any atom is -0.310 e. The van der Waals surface area contributed by atoms with Gasteiger partial charge in [-0.1, -0.05) is 61.0 Å². The van der Waals surface area contributed by atoms with E-state index in [1.165, 1.54) is 0 Å². The van der Waals surface area contributed by atoms with Crippen molar-refractivity contribution in [3.63, 3.8) is 0 Å². The van der Waals surface area contributed by atoms with Crippen LogP contribution in [0.5, 0.6) is 0 Å². The lowest BCUT2D eigenvalue weighted by molar-refractivity contribution is 0.0969. The number of halogens is 1. The Balaban J connectivity index is 2.13. The monoisotopic (exact) mass is 287 g/mol. The predicted octanol–water partition coefficient (Wildman–Crippen LogP) is 4.26. The second-order valence-electron chi connectivity index (χ2n) is 4.66. The van der Waals surface area contributed by atoms with Crippen molar-refractivity contribution in [3.8, 4) is 0 Å². The molecule has 0 fully saturated rings. The van der Waals surface area contributed by atoms with Crippen LogP contribution in [0.25, 0.3) is 0 Å². The van der Waals surface area contributed by atoms with Gasteiger partial charge in [0.2, 0.25) is 0 Å². The molecule has 2 nitrogen and oxygen atoms in total. The minimum atomic E-state index is 0.0185. The zero-order chi connectivity index (χ0) is 14.4. The van der Waals surface area contributed by atoms with Crippen molar-refractivity contribution in [1.29, 1.82) is 0 Å². The molecule has 1 unspecified atom stereocenters. The maximum atomic E-state index is 12.3. The summed E-state index contributed by atoms with van der Waals surface area (Å²) in [6.07, 6.45) is 0.444. The van der Waals surface area contributed by atoms with Gasteiger partial charge in [0.25, 0.3) is 0 Å². The quantitative estimate of drug-likeness (QED) is 0.804. The number of carbonyl (C=O) groups is 1. The van der Waals surface area contributed by atoms with Gasteiger partial charge >= 0.3 is 0 Å². The van der Waals surface area contributed by atoms with E-state index in [0.29, 0.717) is 11.4 Å². The van der Waals surface area contributed by atoms with Crippen LogP contribution in [0.2, 0.25) is 5.02 Å². The minimum absolute atomic E-state index is 0.0185. The van der Waals surface area contributed by atoms with Gasteiger partial charge in [-0.25, -0.2) is 0 Å². The summed E-state index contributed by atoms with van der Waals surface area (Å²) in [7, 11) is 0. The molecule has 0 spiro atoms. The lowest BCUT2D eigenvalue weighted by Gasteiger charge is -2.17.